The Morgan fingerprint density at radius 1 is 1.25 bits per heavy atom. The lowest BCUT2D eigenvalue weighted by Crippen LogP contribution is -2.14. The maximum absolute atomic E-state index is 9.51. The zero-order valence-electron chi connectivity index (χ0n) is 13.6. The minimum Gasteiger partial charge on any atom is -0.508 e. The number of phenols is 1. The van der Waals surface area contributed by atoms with Gasteiger partial charge in [-0.1, -0.05) is 6.92 Å². The molecule has 4 rings (SSSR count). The number of aromatic hydroxyl groups is 1. The first-order valence-corrected chi connectivity index (χ1v) is 9.23. The number of rotatable bonds is 2. The fourth-order valence-corrected chi connectivity index (χ4v) is 4.93. The van der Waals surface area contributed by atoms with Crippen LogP contribution >= 0.6 is 22.9 Å². The van der Waals surface area contributed by atoms with Gasteiger partial charge in [0.15, 0.2) is 0 Å². The van der Waals surface area contributed by atoms with E-state index in [-0.39, 0.29) is 11.0 Å². The number of anilines is 2. The molecule has 0 spiro atoms. The van der Waals surface area contributed by atoms with Crippen molar-refractivity contribution >= 4 is 44.7 Å². The number of phenolic OH excluding ortho intramolecular Hbond substituents is 1. The van der Waals surface area contributed by atoms with Crippen molar-refractivity contribution in [1.29, 1.82) is 0 Å². The number of fused-ring (bicyclic) bond motifs is 3. The zero-order valence-corrected chi connectivity index (χ0v) is 15.2. The van der Waals surface area contributed by atoms with Gasteiger partial charge in [0.1, 0.15) is 16.4 Å². The summed E-state index contributed by atoms with van der Waals surface area (Å²) in [6, 6.07) is 7.10. The zero-order chi connectivity index (χ0) is 16.8. The van der Waals surface area contributed by atoms with Crippen molar-refractivity contribution in [2.45, 2.75) is 26.2 Å². The van der Waals surface area contributed by atoms with Gasteiger partial charge in [-0.25, -0.2) is 4.98 Å². The topological polar surface area (TPSA) is 49.2 Å². The number of hydrogen-bond donors (Lipinski definition) is 1. The molecule has 0 fully saturated rings. The summed E-state index contributed by atoms with van der Waals surface area (Å²) < 4.78 is 0. The van der Waals surface area contributed by atoms with E-state index >= 15 is 0 Å². The van der Waals surface area contributed by atoms with Gasteiger partial charge in [0.2, 0.25) is 5.28 Å². The van der Waals surface area contributed by atoms with E-state index in [9.17, 15) is 5.11 Å². The lowest BCUT2D eigenvalue weighted by Gasteiger charge is -2.22. The highest BCUT2D eigenvalue weighted by Crippen LogP contribution is 2.42. The van der Waals surface area contributed by atoms with Gasteiger partial charge in [-0.05, 0) is 66.6 Å². The van der Waals surface area contributed by atoms with Crippen molar-refractivity contribution in [1.82, 2.24) is 9.97 Å². The van der Waals surface area contributed by atoms with E-state index in [1.54, 1.807) is 23.5 Å². The smallest absolute Gasteiger partial charge is 0.225 e. The first-order chi connectivity index (χ1) is 11.5. The van der Waals surface area contributed by atoms with Gasteiger partial charge < -0.3 is 10.0 Å². The summed E-state index contributed by atoms with van der Waals surface area (Å²) in [4.78, 5) is 13.4. The van der Waals surface area contributed by atoms with Crippen LogP contribution in [0.1, 0.15) is 23.8 Å². The molecule has 0 amide bonds. The molecule has 2 heterocycles. The van der Waals surface area contributed by atoms with Gasteiger partial charge in [0.25, 0.3) is 0 Å². The Kier molecular flexibility index (Phi) is 3.85. The molecular formula is C18H18ClN3OS. The molecule has 1 atom stereocenters. The van der Waals surface area contributed by atoms with Crippen LogP contribution in [-0.4, -0.2) is 22.1 Å². The standard InChI is InChI=1S/C18H18ClN3OS/c1-10-3-8-13-14(9-10)24-17-15(13)16(20-18(19)21-17)22(2)11-4-6-12(23)7-5-11/h4-7,10,23H,3,8-9H2,1-2H3. The molecule has 2 aromatic heterocycles. The van der Waals surface area contributed by atoms with Gasteiger partial charge in [-0.15, -0.1) is 11.3 Å². The molecule has 0 aliphatic heterocycles. The summed E-state index contributed by atoms with van der Waals surface area (Å²) in [6.45, 7) is 2.30. The molecule has 1 aromatic carbocycles. The molecule has 1 unspecified atom stereocenters. The summed E-state index contributed by atoms with van der Waals surface area (Å²) >= 11 is 7.94. The number of hydrogen-bond acceptors (Lipinski definition) is 5. The Hall–Kier alpha value is -1.85. The SMILES string of the molecule is CC1CCc2c(sc3nc(Cl)nc(N(C)c4ccc(O)cc4)c23)C1. The van der Waals surface area contributed by atoms with Crippen LogP contribution in [0.2, 0.25) is 5.28 Å². The van der Waals surface area contributed by atoms with E-state index in [1.807, 2.05) is 24.1 Å². The first kappa shape index (κ1) is 15.7. The van der Waals surface area contributed by atoms with Crippen molar-refractivity contribution in [3.8, 4) is 5.75 Å². The number of thiophene rings is 1. The second kappa shape index (κ2) is 5.90. The molecule has 4 nitrogen and oxygen atoms in total. The van der Waals surface area contributed by atoms with Gasteiger partial charge in [0, 0.05) is 17.6 Å². The van der Waals surface area contributed by atoms with Crippen LogP contribution in [0.5, 0.6) is 5.75 Å². The van der Waals surface area contributed by atoms with Crippen molar-refractivity contribution < 1.29 is 5.11 Å². The normalized spacial score (nSPS) is 17.0. The summed E-state index contributed by atoms with van der Waals surface area (Å²) in [6.07, 6.45) is 3.37. The Morgan fingerprint density at radius 2 is 2.00 bits per heavy atom. The summed E-state index contributed by atoms with van der Waals surface area (Å²) in [7, 11) is 1.97. The fourth-order valence-electron chi connectivity index (χ4n) is 3.34. The molecule has 3 aromatic rings. The Morgan fingerprint density at radius 3 is 2.75 bits per heavy atom. The second-order valence-electron chi connectivity index (χ2n) is 6.42. The number of benzene rings is 1. The summed E-state index contributed by atoms with van der Waals surface area (Å²) in [5, 5.41) is 10.9. The lowest BCUT2D eigenvalue weighted by atomic mass is 9.89. The molecule has 124 valence electrons. The largest absolute Gasteiger partial charge is 0.508 e. The molecule has 1 aliphatic rings. The van der Waals surface area contributed by atoms with Crippen LogP contribution in [0, 0.1) is 5.92 Å². The molecule has 6 heteroatoms. The Labute approximate surface area is 149 Å². The predicted molar refractivity (Wildman–Crippen MR) is 99.8 cm³/mol. The highest BCUT2D eigenvalue weighted by molar-refractivity contribution is 7.19. The van der Waals surface area contributed by atoms with E-state index < -0.39 is 0 Å². The monoisotopic (exact) mass is 359 g/mol. The van der Waals surface area contributed by atoms with Crippen LogP contribution in [0.3, 0.4) is 0 Å². The summed E-state index contributed by atoms with van der Waals surface area (Å²) in [5.74, 6) is 1.80. The molecular weight excluding hydrogens is 342 g/mol. The second-order valence-corrected chi connectivity index (χ2v) is 7.85. The molecule has 1 aliphatic carbocycles. The average molecular weight is 360 g/mol. The quantitative estimate of drug-likeness (QED) is 0.658. The van der Waals surface area contributed by atoms with E-state index in [2.05, 4.69) is 16.9 Å². The first-order valence-electron chi connectivity index (χ1n) is 8.03. The van der Waals surface area contributed by atoms with Crippen molar-refractivity contribution in [2.24, 2.45) is 5.92 Å². The van der Waals surface area contributed by atoms with Gasteiger partial charge in [-0.3, -0.25) is 0 Å². The maximum atomic E-state index is 9.51. The van der Waals surface area contributed by atoms with Gasteiger partial charge in [-0.2, -0.15) is 4.98 Å². The maximum Gasteiger partial charge on any atom is 0.225 e. The highest BCUT2D eigenvalue weighted by Gasteiger charge is 2.25. The summed E-state index contributed by atoms with van der Waals surface area (Å²) in [5.41, 5.74) is 2.33. The van der Waals surface area contributed by atoms with Crippen molar-refractivity contribution in [3.63, 3.8) is 0 Å². The number of aryl methyl sites for hydroxylation is 1. The molecule has 1 N–H and O–H groups in total. The average Bonchev–Trinajstić information content (AvgIpc) is 2.91. The Balaban J connectivity index is 1.89. The molecule has 0 saturated heterocycles. The van der Waals surface area contributed by atoms with Crippen LogP contribution in [0.4, 0.5) is 11.5 Å². The number of aromatic nitrogens is 2. The molecule has 24 heavy (non-hydrogen) atoms. The molecule has 0 radical (unpaired) electrons. The van der Waals surface area contributed by atoms with E-state index in [0.717, 1.165) is 34.6 Å². The van der Waals surface area contributed by atoms with Gasteiger partial charge >= 0.3 is 0 Å². The van der Waals surface area contributed by atoms with Crippen molar-refractivity contribution in [3.05, 3.63) is 40.0 Å². The number of halogens is 1. The van der Waals surface area contributed by atoms with Gasteiger partial charge in [0.05, 0.1) is 5.39 Å². The Bertz CT molecular complexity index is 907. The highest BCUT2D eigenvalue weighted by atomic mass is 35.5. The third-order valence-corrected chi connectivity index (χ3v) is 5.98. The number of nitrogens with zero attached hydrogens (tertiary/aromatic N) is 3. The third kappa shape index (κ3) is 2.62. The van der Waals surface area contributed by atoms with Crippen LogP contribution in [0.25, 0.3) is 10.2 Å². The van der Waals surface area contributed by atoms with Crippen LogP contribution in [-0.2, 0) is 12.8 Å². The molecule has 0 bridgehead atoms. The predicted octanol–water partition coefficient (Wildman–Crippen LogP) is 4.94. The van der Waals surface area contributed by atoms with Crippen LogP contribution < -0.4 is 4.90 Å². The third-order valence-electron chi connectivity index (χ3n) is 4.66. The minimum absolute atomic E-state index is 0.250. The van der Waals surface area contributed by atoms with Crippen molar-refractivity contribution in [2.75, 3.05) is 11.9 Å². The van der Waals surface area contributed by atoms with E-state index in [0.29, 0.717) is 5.92 Å². The minimum atomic E-state index is 0.250. The lowest BCUT2D eigenvalue weighted by molar-refractivity contribution is 0.475. The van der Waals surface area contributed by atoms with Crippen LogP contribution in [0.15, 0.2) is 24.3 Å². The van der Waals surface area contributed by atoms with E-state index in [1.165, 1.54) is 16.9 Å². The molecule has 0 saturated carbocycles. The van der Waals surface area contributed by atoms with E-state index in [4.69, 9.17) is 11.6 Å². The fraction of sp³-hybridized carbons (Fsp3) is 0.333.